The Bertz CT molecular complexity index is 341. The summed E-state index contributed by atoms with van der Waals surface area (Å²) < 4.78 is 5.63. The zero-order valence-electron chi connectivity index (χ0n) is 11.7. The SMILES string of the molecule is CCN(c1nnc(CNC(C)(C)C)o1)C(C)C. The van der Waals surface area contributed by atoms with Gasteiger partial charge in [0.25, 0.3) is 0 Å². The monoisotopic (exact) mass is 240 g/mol. The van der Waals surface area contributed by atoms with Crippen molar-refractivity contribution in [2.45, 2.75) is 59.7 Å². The fourth-order valence-electron chi connectivity index (χ4n) is 1.49. The predicted octanol–water partition coefficient (Wildman–Crippen LogP) is 2.19. The van der Waals surface area contributed by atoms with Crippen molar-refractivity contribution in [1.82, 2.24) is 15.5 Å². The molecule has 1 heterocycles. The lowest BCUT2D eigenvalue weighted by atomic mass is 10.1. The molecule has 5 nitrogen and oxygen atoms in total. The third-order valence-corrected chi connectivity index (χ3v) is 2.44. The van der Waals surface area contributed by atoms with E-state index >= 15 is 0 Å². The molecule has 0 radical (unpaired) electrons. The second kappa shape index (κ2) is 5.49. The maximum Gasteiger partial charge on any atom is 0.318 e. The van der Waals surface area contributed by atoms with Gasteiger partial charge in [0.2, 0.25) is 5.89 Å². The molecular weight excluding hydrogens is 216 g/mol. The van der Waals surface area contributed by atoms with Gasteiger partial charge in [0.1, 0.15) is 0 Å². The largest absolute Gasteiger partial charge is 0.407 e. The lowest BCUT2D eigenvalue weighted by Crippen LogP contribution is -2.35. The van der Waals surface area contributed by atoms with Crippen molar-refractivity contribution in [1.29, 1.82) is 0 Å². The number of nitrogens with zero attached hydrogens (tertiary/aromatic N) is 3. The van der Waals surface area contributed by atoms with E-state index in [9.17, 15) is 0 Å². The van der Waals surface area contributed by atoms with Crippen LogP contribution in [0.15, 0.2) is 4.42 Å². The Morgan fingerprint density at radius 1 is 1.29 bits per heavy atom. The van der Waals surface area contributed by atoms with Crippen molar-refractivity contribution in [3.63, 3.8) is 0 Å². The van der Waals surface area contributed by atoms with Crippen molar-refractivity contribution >= 4 is 6.01 Å². The summed E-state index contributed by atoms with van der Waals surface area (Å²) in [7, 11) is 0. The van der Waals surface area contributed by atoms with Gasteiger partial charge < -0.3 is 14.6 Å². The summed E-state index contributed by atoms with van der Waals surface area (Å²) in [4.78, 5) is 2.08. The van der Waals surface area contributed by atoms with E-state index in [0.29, 0.717) is 24.5 Å². The molecule has 0 aliphatic carbocycles. The highest BCUT2D eigenvalue weighted by atomic mass is 16.4. The second-order valence-corrected chi connectivity index (χ2v) is 5.46. The van der Waals surface area contributed by atoms with Crippen LogP contribution in [0.2, 0.25) is 0 Å². The Morgan fingerprint density at radius 2 is 1.94 bits per heavy atom. The molecule has 1 rings (SSSR count). The molecule has 0 spiro atoms. The minimum Gasteiger partial charge on any atom is -0.407 e. The van der Waals surface area contributed by atoms with Gasteiger partial charge in [0.05, 0.1) is 6.54 Å². The standard InChI is InChI=1S/C12H24N4O/c1-7-16(9(2)3)11-15-14-10(17-11)8-13-12(4,5)6/h9,13H,7-8H2,1-6H3. The molecule has 0 aliphatic heterocycles. The van der Waals surface area contributed by atoms with Gasteiger partial charge in [0.15, 0.2) is 0 Å². The Hall–Kier alpha value is -1.10. The predicted molar refractivity (Wildman–Crippen MR) is 69.0 cm³/mol. The highest BCUT2D eigenvalue weighted by Crippen LogP contribution is 2.15. The Labute approximate surface area is 104 Å². The van der Waals surface area contributed by atoms with Crippen LogP contribution < -0.4 is 10.2 Å². The van der Waals surface area contributed by atoms with Crippen LogP contribution in [0.3, 0.4) is 0 Å². The van der Waals surface area contributed by atoms with Gasteiger partial charge in [-0.3, -0.25) is 0 Å². The van der Waals surface area contributed by atoms with Gasteiger partial charge >= 0.3 is 6.01 Å². The Balaban J connectivity index is 2.64. The minimum absolute atomic E-state index is 0.0527. The Kier molecular flexibility index (Phi) is 4.51. The first-order chi connectivity index (χ1) is 7.83. The average Bonchev–Trinajstić information content (AvgIpc) is 2.63. The Morgan fingerprint density at radius 3 is 2.41 bits per heavy atom. The summed E-state index contributed by atoms with van der Waals surface area (Å²) in [5, 5.41) is 11.5. The van der Waals surface area contributed by atoms with Crippen LogP contribution in [0.25, 0.3) is 0 Å². The third-order valence-electron chi connectivity index (χ3n) is 2.44. The number of aromatic nitrogens is 2. The number of nitrogens with one attached hydrogen (secondary N) is 1. The van der Waals surface area contributed by atoms with E-state index in [1.165, 1.54) is 0 Å². The molecule has 0 bridgehead atoms. The molecule has 0 atom stereocenters. The molecule has 0 amide bonds. The summed E-state index contributed by atoms with van der Waals surface area (Å²) in [6.45, 7) is 14.1. The molecule has 1 N–H and O–H groups in total. The van der Waals surface area contributed by atoms with Crippen LogP contribution in [-0.4, -0.2) is 28.3 Å². The summed E-state index contributed by atoms with van der Waals surface area (Å²) in [5.74, 6) is 0.633. The van der Waals surface area contributed by atoms with E-state index in [0.717, 1.165) is 6.54 Å². The quantitative estimate of drug-likeness (QED) is 0.855. The summed E-state index contributed by atoms with van der Waals surface area (Å²) in [6.07, 6.45) is 0. The van der Waals surface area contributed by atoms with Crippen LogP contribution in [0.5, 0.6) is 0 Å². The van der Waals surface area contributed by atoms with Crippen LogP contribution >= 0.6 is 0 Å². The zero-order valence-corrected chi connectivity index (χ0v) is 11.7. The summed E-state index contributed by atoms with van der Waals surface area (Å²) >= 11 is 0. The first-order valence-electron chi connectivity index (χ1n) is 6.17. The highest BCUT2D eigenvalue weighted by molar-refractivity contribution is 5.24. The lowest BCUT2D eigenvalue weighted by molar-refractivity contribution is 0.379. The first kappa shape index (κ1) is 14.0. The van der Waals surface area contributed by atoms with Crippen LogP contribution in [0.1, 0.15) is 47.4 Å². The van der Waals surface area contributed by atoms with Gasteiger partial charge in [-0.2, -0.15) is 0 Å². The van der Waals surface area contributed by atoms with E-state index in [-0.39, 0.29) is 5.54 Å². The number of anilines is 1. The molecule has 98 valence electrons. The fourth-order valence-corrected chi connectivity index (χ4v) is 1.49. The van der Waals surface area contributed by atoms with Gasteiger partial charge in [-0.15, -0.1) is 5.10 Å². The molecule has 17 heavy (non-hydrogen) atoms. The summed E-state index contributed by atoms with van der Waals surface area (Å²) in [5.41, 5.74) is 0.0527. The molecule has 0 aromatic carbocycles. The smallest absolute Gasteiger partial charge is 0.318 e. The number of rotatable bonds is 5. The lowest BCUT2D eigenvalue weighted by Gasteiger charge is -2.22. The topological polar surface area (TPSA) is 54.2 Å². The highest BCUT2D eigenvalue weighted by Gasteiger charge is 2.17. The van der Waals surface area contributed by atoms with Crippen molar-refractivity contribution < 1.29 is 4.42 Å². The molecule has 5 heteroatoms. The minimum atomic E-state index is 0.0527. The molecule has 1 aromatic heterocycles. The number of hydrogen-bond donors (Lipinski definition) is 1. The maximum absolute atomic E-state index is 5.63. The molecule has 0 saturated heterocycles. The van der Waals surface area contributed by atoms with E-state index in [4.69, 9.17) is 4.42 Å². The molecule has 0 fully saturated rings. The van der Waals surface area contributed by atoms with Crippen LogP contribution in [0.4, 0.5) is 6.01 Å². The maximum atomic E-state index is 5.63. The van der Waals surface area contributed by atoms with Crippen molar-refractivity contribution in [3.8, 4) is 0 Å². The second-order valence-electron chi connectivity index (χ2n) is 5.46. The average molecular weight is 240 g/mol. The van der Waals surface area contributed by atoms with Crippen LogP contribution in [-0.2, 0) is 6.54 Å². The van der Waals surface area contributed by atoms with E-state index in [2.05, 4.69) is 62.0 Å². The zero-order chi connectivity index (χ0) is 13.1. The van der Waals surface area contributed by atoms with Crippen molar-refractivity contribution in [3.05, 3.63) is 5.89 Å². The molecule has 0 saturated carbocycles. The summed E-state index contributed by atoms with van der Waals surface area (Å²) in [6, 6.07) is 0.970. The molecule has 0 unspecified atom stereocenters. The molecule has 0 aliphatic rings. The van der Waals surface area contributed by atoms with Crippen molar-refractivity contribution in [2.24, 2.45) is 0 Å². The van der Waals surface area contributed by atoms with Crippen LogP contribution in [0, 0.1) is 0 Å². The molecule has 1 aromatic rings. The van der Waals surface area contributed by atoms with Gasteiger partial charge in [-0.1, -0.05) is 5.10 Å². The third kappa shape index (κ3) is 4.34. The normalized spacial score (nSPS) is 12.2. The van der Waals surface area contributed by atoms with E-state index in [1.807, 2.05) is 0 Å². The van der Waals surface area contributed by atoms with Crippen molar-refractivity contribution in [2.75, 3.05) is 11.4 Å². The first-order valence-corrected chi connectivity index (χ1v) is 6.17. The van der Waals surface area contributed by atoms with E-state index < -0.39 is 0 Å². The fraction of sp³-hybridized carbons (Fsp3) is 0.833. The van der Waals surface area contributed by atoms with Gasteiger partial charge in [-0.05, 0) is 41.5 Å². The van der Waals surface area contributed by atoms with Gasteiger partial charge in [0, 0.05) is 18.1 Å². The van der Waals surface area contributed by atoms with E-state index in [1.54, 1.807) is 0 Å². The number of hydrogen-bond acceptors (Lipinski definition) is 5. The van der Waals surface area contributed by atoms with Gasteiger partial charge in [-0.25, -0.2) is 0 Å². The molecular formula is C12H24N4O.